The van der Waals surface area contributed by atoms with Crippen molar-refractivity contribution in [2.45, 2.75) is 39.7 Å². The predicted octanol–water partition coefficient (Wildman–Crippen LogP) is 8.40. The van der Waals surface area contributed by atoms with Crippen LogP contribution in [0.3, 0.4) is 0 Å². The van der Waals surface area contributed by atoms with Gasteiger partial charge in [-0.1, -0.05) is 61.0 Å². The fraction of sp³-hybridized carbons (Fsp3) is 0.200. The molecule has 36 heavy (non-hydrogen) atoms. The van der Waals surface area contributed by atoms with Crippen LogP contribution in [0.5, 0.6) is 0 Å². The van der Waals surface area contributed by atoms with Gasteiger partial charge in [-0.3, -0.25) is 9.36 Å². The van der Waals surface area contributed by atoms with Gasteiger partial charge in [0.15, 0.2) is 0 Å². The highest BCUT2D eigenvalue weighted by molar-refractivity contribution is 6.32. The standard InChI is InChI=1S/C30H27ClFNO3/c1-5-22(23-14-13-21(32)17-26(23)31)28(20-11-9-19(18-34)10-12-20)25-7-6-8-27-24(25)15-16-33(27)29(35)36-30(2,3)4/h6-18H,5H2,1-4H3. The summed E-state index contributed by atoms with van der Waals surface area (Å²) < 4.78 is 21.0. The van der Waals surface area contributed by atoms with E-state index in [0.717, 1.165) is 39.5 Å². The molecule has 0 N–H and O–H groups in total. The van der Waals surface area contributed by atoms with Gasteiger partial charge in [0, 0.05) is 17.1 Å². The third kappa shape index (κ3) is 5.12. The monoisotopic (exact) mass is 503 g/mol. The first-order chi connectivity index (χ1) is 17.1. The minimum atomic E-state index is -0.634. The van der Waals surface area contributed by atoms with Gasteiger partial charge in [0.25, 0.3) is 0 Å². The summed E-state index contributed by atoms with van der Waals surface area (Å²) in [7, 11) is 0. The number of hydrogen-bond donors (Lipinski definition) is 0. The molecule has 0 fully saturated rings. The molecule has 3 aromatic carbocycles. The number of rotatable bonds is 5. The molecule has 1 heterocycles. The molecule has 6 heteroatoms. The Kier molecular flexibility index (Phi) is 7.14. The van der Waals surface area contributed by atoms with Crippen LogP contribution in [0.1, 0.15) is 61.2 Å². The number of aldehydes is 1. The highest BCUT2D eigenvalue weighted by atomic mass is 35.5. The molecule has 0 unspecified atom stereocenters. The molecule has 0 radical (unpaired) electrons. The van der Waals surface area contributed by atoms with Gasteiger partial charge in [-0.05, 0) is 79.3 Å². The van der Waals surface area contributed by atoms with Gasteiger partial charge in [0.05, 0.1) is 10.5 Å². The van der Waals surface area contributed by atoms with Crippen LogP contribution in [0, 0.1) is 5.82 Å². The normalized spacial score (nSPS) is 12.4. The molecule has 4 nitrogen and oxygen atoms in total. The van der Waals surface area contributed by atoms with Crippen molar-refractivity contribution < 1.29 is 18.7 Å². The zero-order chi connectivity index (χ0) is 26.0. The Morgan fingerprint density at radius 2 is 1.75 bits per heavy atom. The van der Waals surface area contributed by atoms with Crippen molar-refractivity contribution >= 4 is 46.0 Å². The van der Waals surface area contributed by atoms with E-state index in [-0.39, 0.29) is 0 Å². The second-order valence-corrected chi connectivity index (χ2v) is 9.88. The third-order valence-corrected chi connectivity index (χ3v) is 6.15. The zero-order valence-electron chi connectivity index (χ0n) is 20.6. The van der Waals surface area contributed by atoms with Crippen molar-refractivity contribution in [1.82, 2.24) is 4.57 Å². The van der Waals surface area contributed by atoms with E-state index >= 15 is 0 Å². The minimum absolute atomic E-state index is 0.312. The highest BCUT2D eigenvalue weighted by Crippen LogP contribution is 2.40. The molecule has 1 aromatic heterocycles. The van der Waals surface area contributed by atoms with E-state index in [4.69, 9.17) is 16.3 Å². The number of ether oxygens (including phenoxy) is 1. The van der Waals surface area contributed by atoms with Crippen molar-refractivity contribution in [3.05, 3.63) is 106 Å². The molecule has 0 spiro atoms. The average molecular weight is 504 g/mol. The van der Waals surface area contributed by atoms with Crippen LogP contribution in [0.4, 0.5) is 9.18 Å². The second kappa shape index (κ2) is 10.1. The lowest BCUT2D eigenvalue weighted by molar-refractivity contribution is 0.0544. The lowest BCUT2D eigenvalue weighted by Crippen LogP contribution is -2.26. The number of aromatic nitrogens is 1. The number of carbonyl (C=O) groups is 2. The SMILES string of the molecule is CCC(=C(c1ccc(C=O)cc1)c1cccc2c1ccn2C(=O)OC(C)(C)C)c1ccc(F)cc1Cl. The van der Waals surface area contributed by atoms with Gasteiger partial charge in [0.1, 0.15) is 17.7 Å². The van der Waals surface area contributed by atoms with Crippen molar-refractivity contribution in [3.8, 4) is 0 Å². The van der Waals surface area contributed by atoms with E-state index in [1.807, 2.05) is 64.1 Å². The molecule has 0 bridgehead atoms. The quantitative estimate of drug-likeness (QED) is 0.203. The van der Waals surface area contributed by atoms with Crippen LogP contribution in [-0.2, 0) is 4.74 Å². The molecule has 0 atom stereocenters. The molecule has 4 rings (SSSR count). The molecule has 0 saturated carbocycles. The Morgan fingerprint density at radius 1 is 1.03 bits per heavy atom. The lowest BCUT2D eigenvalue weighted by Gasteiger charge is -2.20. The summed E-state index contributed by atoms with van der Waals surface area (Å²) in [5.41, 5.74) is 4.90. The topological polar surface area (TPSA) is 48.3 Å². The summed E-state index contributed by atoms with van der Waals surface area (Å²) in [6.07, 6.45) is 2.64. The number of fused-ring (bicyclic) bond motifs is 1. The largest absolute Gasteiger partial charge is 0.443 e. The summed E-state index contributed by atoms with van der Waals surface area (Å²) >= 11 is 6.51. The van der Waals surface area contributed by atoms with Gasteiger partial charge in [-0.2, -0.15) is 0 Å². The Bertz CT molecular complexity index is 1480. The number of allylic oxidation sites excluding steroid dienone is 1. The summed E-state index contributed by atoms with van der Waals surface area (Å²) in [6, 6.07) is 19.3. The summed E-state index contributed by atoms with van der Waals surface area (Å²) in [5, 5.41) is 1.16. The van der Waals surface area contributed by atoms with Crippen molar-refractivity contribution in [2.75, 3.05) is 0 Å². The minimum Gasteiger partial charge on any atom is -0.443 e. The van der Waals surface area contributed by atoms with Crippen LogP contribution >= 0.6 is 11.6 Å². The Labute approximate surface area is 215 Å². The number of carbonyl (C=O) groups excluding carboxylic acids is 2. The Hall–Kier alpha value is -3.70. The van der Waals surface area contributed by atoms with E-state index in [2.05, 4.69) is 0 Å². The molecule has 0 aliphatic rings. The van der Waals surface area contributed by atoms with Crippen molar-refractivity contribution in [2.24, 2.45) is 0 Å². The van der Waals surface area contributed by atoms with Crippen molar-refractivity contribution in [3.63, 3.8) is 0 Å². The Morgan fingerprint density at radius 3 is 2.36 bits per heavy atom. The molecule has 184 valence electrons. The molecule has 0 aliphatic carbocycles. The van der Waals surface area contributed by atoms with E-state index in [1.54, 1.807) is 24.4 Å². The number of hydrogen-bond acceptors (Lipinski definition) is 3. The summed E-state index contributed by atoms with van der Waals surface area (Å²) in [6.45, 7) is 7.49. The first-order valence-corrected chi connectivity index (χ1v) is 12.1. The molecule has 4 aromatic rings. The third-order valence-electron chi connectivity index (χ3n) is 5.84. The van der Waals surface area contributed by atoms with Gasteiger partial charge < -0.3 is 4.74 Å². The number of benzene rings is 3. The van der Waals surface area contributed by atoms with E-state index in [9.17, 15) is 14.0 Å². The second-order valence-electron chi connectivity index (χ2n) is 9.48. The molecular weight excluding hydrogens is 477 g/mol. The number of nitrogens with zero attached hydrogens (tertiary/aromatic N) is 1. The van der Waals surface area contributed by atoms with Crippen LogP contribution in [-0.4, -0.2) is 22.5 Å². The van der Waals surface area contributed by atoms with Crippen LogP contribution in [0.15, 0.2) is 72.9 Å². The first kappa shape index (κ1) is 25.4. The van der Waals surface area contributed by atoms with Gasteiger partial charge in [-0.25, -0.2) is 9.18 Å². The van der Waals surface area contributed by atoms with E-state index in [1.165, 1.54) is 16.7 Å². The first-order valence-electron chi connectivity index (χ1n) is 11.7. The summed E-state index contributed by atoms with van der Waals surface area (Å²) in [5.74, 6) is -0.410. The number of halogens is 2. The highest BCUT2D eigenvalue weighted by Gasteiger charge is 2.22. The summed E-state index contributed by atoms with van der Waals surface area (Å²) in [4.78, 5) is 24.2. The fourth-order valence-electron chi connectivity index (χ4n) is 4.31. The van der Waals surface area contributed by atoms with Crippen LogP contribution in [0.25, 0.3) is 22.0 Å². The Balaban J connectivity index is 2.01. The van der Waals surface area contributed by atoms with Gasteiger partial charge >= 0.3 is 6.09 Å². The van der Waals surface area contributed by atoms with E-state index < -0.39 is 17.5 Å². The van der Waals surface area contributed by atoms with Crippen molar-refractivity contribution in [1.29, 1.82) is 0 Å². The lowest BCUT2D eigenvalue weighted by atomic mass is 9.86. The molecule has 0 saturated heterocycles. The average Bonchev–Trinajstić information content (AvgIpc) is 3.27. The molecule has 0 aliphatic heterocycles. The van der Waals surface area contributed by atoms with E-state index in [0.29, 0.717) is 22.5 Å². The smallest absolute Gasteiger partial charge is 0.418 e. The van der Waals surface area contributed by atoms with Crippen LogP contribution in [0.2, 0.25) is 5.02 Å². The molecule has 0 amide bonds. The predicted molar refractivity (Wildman–Crippen MR) is 143 cm³/mol. The maximum atomic E-state index is 13.9. The van der Waals surface area contributed by atoms with Crippen LogP contribution < -0.4 is 0 Å². The van der Waals surface area contributed by atoms with Gasteiger partial charge in [-0.15, -0.1) is 0 Å². The zero-order valence-corrected chi connectivity index (χ0v) is 21.4. The fourth-order valence-corrected chi connectivity index (χ4v) is 4.59. The molecular formula is C30H27ClFNO3. The van der Waals surface area contributed by atoms with Gasteiger partial charge in [0.2, 0.25) is 0 Å². The maximum absolute atomic E-state index is 13.9. The maximum Gasteiger partial charge on any atom is 0.418 e.